The Bertz CT molecular complexity index is 543. The number of methoxy groups -OCH3 is 1. The van der Waals surface area contributed by atoms with Crippen molar-refractivity contribution < 1.29 is 9.53 Å². The van der Waals surface area contributed by atoms with E-state index in [4.69, 9.17) is 10.00 Å². The first-order valence-electron chi connectivity index (χ1n) is 5.96. The Morgan fingerprint density at radius 1 is 1.53 bits per heavy atom. The molecule has 1 aromatic heterocycles. The number of hydrogen-bond donors (Lipinski definition) is 1. The maximum atomic E-state index is 11.9. The van der Waals surface area contributed by atoms with E-state index in [9.17, 15) is 9.59 Å². The molecule has 0 atom stereocenters. The molecule has 0 radical (unpaired) electrons. The van der Waals surface area contributed by atoms with Crippen LogP contribution >= 0.6 is 0 Å². The van der Waals surface area contributed by atoms with Gasteiger partial charge in [-0.15, -0.1) is 0 Å². The molecule has 0 spiro atoms. The van der Waals surface area contributed by atoms with Crippen LogP contribution in [0.15, 0.2) is 16.9 Å². The van der Waals surface area contributed by atoms with Crippen molar-refractivity contribution in [3.05, 3.63) is 33.7 Å². The third-order valence-corrected chi connectivity index (χ3v) is 2.66. The van der Waals surface area contributed by atoms with Crippen LogP contribution in [0.3, 0.4) is 0 Å². The van der Waals surface area contributed by atoms with Crippen molar-refractivity contribution in [3.63, 3.8) is 0 Å². The van der Waals surface area contributed by atoms with Gasteiger partial charge in [0.1, 0.15) is 18.2 Å². The Morgan fingerprint density at radius 3 is 2.89 bits per heavy atom. The number of hydrogen-bond acceptors (Lipinski definition) is 4. The molecule has 19 heavy (non-hydrogen) atoms. The summed E-state index contributed by atoms with van der Waals surface area (Å²) in [5.74, 6) is -0.253. The van der Waals surface area contributed by atoms with Crippen LogP contribution in [0.4, 0.5) is 0 Å². The second-order valence-electron chi connectivity index (χ2n) is 4.09. The van der Waals surface area contributed by atoms with Gasteiger partial charge in [0, 0.05) is 26.0 Å². The van der Waals surface area contributed by atoms with E-state index >= 15 is 0 Å². The standard InChI is InChI=1S/C13H17N3O3/c1-10-4-5-11(8-14)13(18)16(10)9-12(17)15-6-3-7-19-2/h4-5H,3,6-7,9H2,1-2H3,(H,15,17). The summed E-state index contributed by atoms with van der Waals surface area (Å²) >= 11 is 0. The molecule has 1 amide bonds. The van der Waals surface area contributed by atoms with Crippen molar-refractivity contribution in [2.24, 2.45) is 0 Å². The lowest BCUT2D eigenvalue weighted by Gasteiger charge is -2.10. The molecule has 0 aromatic carbocycles. The molecule has 1 heterocycles. The van der Waals surface area contributed by atoms with Gasteiger partial charge >= 0.3 is 0 Å². The fourth-order valence-electron chi connectivity index (χ4n) is 1.60. The van der Waals surface area contributed by atoms with E-state index in [1.54, 1.807) is 20.1 Å². The van der Waals surface area contributed by atoms with E-state index in [0.717, 1.165) is 0 Å². The average Bonchev–Trinajstić information content (AvgIpc) is 2.40. The molecule has 0 aliphatic heterocycles. The van der Waals surface area contributed by atoms with Gasteiger partial charge in [-0.05, 0) is 25.5 Å². The van der Waals surface area contributed by atoms with E-state index in [0.29, 0.717) is 25.3 Å². The number of carbonyl (C=O) groups is 1. The first-order valence-corrected chi connectivity index (χ1v) is 5.96. The normalized spacial score (nSPS) is 9.95. The Kier molecular flexibility index (Phi) is 5.76. The van der Waals surface area contributed by atoms with Crippen molar-refractivity contribution in [1.29, 1.82) is 5.26 Å². The number of carbonyl (C=O) groups excluding carboxylic acids is 1. The zero-order chi connectivity index (χ0) is 14.3. The van der Waals surface area contributed by atoms with E-state index in [-0.39, 0.29) is 18.0 Å². The molecule has 1 N–H and O–H groups in total. The quantitative estimate of drug-likeness (QED) is 0.742. The van der Waals surface area contributed by atoms with Crippen LogP contribution in [0, 0.1) is 18.3 Å². The van der Waals surface area contributed by atoms with Crippen molar-refractivity contribution in [2.75, 3.05) is 20.3 Å². The minimum absolute atomic E-state index is 0.0396. The number of ether oxygens (including phenoxy) is 1. The molecular formula is C13H17N3O3. The highest BCUT2D eigenvalue weighted by Crippen LogP contribution is 1.97. The fraction of sp³-hybridized carbons (Fsp3) is 0.462. The molecule has 1 rings (SSSR count). The predicted octanol–water partition coefficient (Wildman–Crippen LogP) is 0.181. The predicted molar refractivity (Wildman–Crippen MR) is 69.7 cm³/mol. The van der Waals surface area contributed by atoms with Gasteiger partial charge in [0.25, 0.3) is 5.56 Å². The Morgan fingerprint density at radius 2 is 2.26 bits per heavy atom. The van der Waals surface area contributed by atoms with Crippen molar-refractivity contribution >= 4 is 5.91 Å². The molecule has 0 unspecified atom stereocenters. The van der Waals surface area contributed by atoms with Gasteiger partial charge in [-0.2, -0.15) is 5.26 Å². The minimum atomic E-state index is -0.436. The van der Waals surface area contributed by atoms with Gasteiger partial charge in [-0.3, -0.25) is 9.59 Å². The lowest BCUT2D eigenvalue weighted by molar-refractivity contribution is -0.121. The zero-order valence-electron chi connectivity index (χ0n) is 11.1. The topological polar surface area (TPSA) is 84.1 Å². The van der Waals surface area contributed by atoms with Gasteiger partial charge < -0.3 is 14.6 Å². The lowest BCUT2D eigenvalue weighted by Crippen LogP contribution is -2.34. The largest absolute Gasteiger partial charge is 0.385 e. The van der Waals surface area contributed by atoms with Crippen molar-refractivity contribution in [1.82, 2.24) is 9.88 Å². The van der Waals surface area contributed by atoms with E-state index in [1.165, 1.54) is 10.6 Å². The van der Waals surface area contributed by atoms with E-state index in [2.05, 4.69) is 5.32 Å². The maximum absolute atomic E-state index is 11.9. The number of rotatable bonds is 6. The third kappa shape index (κ3) is 4.23. The highest BCUT2D eigenvalue weighted by Gasteiger charge is 2.09. The molecule has 1 aromatic rings. The first-order chi connectivity index (χ1) is 9.10. The second-order valence-corrected chi connectivity index (χ2v) is 4.09. The molecule has 0 aliphatic rings. The number of aromatic nitrogens is 1. The summed E-state index contributed by atoms with van der Waals surface area (Å²) in [6.45, 7) is 2.72. The summed E-state index contributed by atoms with van der Waals surface area (Å²) < 4.78 is 6.16. The van der Waals surface area contributed by atoms with Crippen LogP contribution in [0.2, 0.25) is 0 Å². The van der Waals surface area contributed by atoms with Crippen LogP contribution in [0.25, 0.3) is 0 Å². The summed E-state index contributed by atoms with van der Waals surface area (Å²) in [7, 11) is 1.60. The highest BCUT2D eigenvalue weighted by molar-refractivity contribution is 5.75. The zero-order valence-corrected chi connectivity index (χ0v) is 11.1. The Balaban J connectivity index is 2.70. The Hall–Kier alpha value is -2.13. The van der Waals surface area contributed by atoms with Crippen LogP contribution in [0.1, 0.15) is 17.7 Å². The third-order valence-electron chi connectivity index (χ3n) is 2.66. The summed E-state index contributed by atoms with van der Waals surface area (Å²) in [5, 5.41) is 11.5. The van der Waals surface area contributed by atoms with Gasteiger partial charge in [-0.25, -0.2) is 0 Å². The molecule has 6 nitrogen and oxygen atoms in total. The van der Waals surface area contributed by atoms with Crippen LogP contribution in [0.5, 0.6) is 0 Å². The summed E-state index contributed by atoms with van der Waals surface area (Å²) in [5.41, 5.74) is 0.253. The smallest absolute Gasteiger partial charge is 0.269 e. The van der Waals surface area contributed by atoms with Gasteiger partial charge in [0.2, 0.25) is 5.91 Å². The molecular weight excluding hydrogens is 246 g/mol. The first kappa shape index (κ1) is 14.9. The average molecular weight is 263 g/mol. The number of nitrogens with zero attached hydrogens (tertiary/aromatic N) is 2. The molecule has 0 saturated heterocycles. The minimum Gasteiger partial charge on any atom is -0.385 e. The lowest BCUT2D eigenvalue weighted by atomic mass is 10.2. The molecule has 0 fully saturated rings. The molecule has 102 valence electrons. The fourth-order valence-corrected chi connectivity index (χ4v) is 1.60. The SMILES string of the molecule is COCCCNC(=O)Cn1c(C)ccc(C#N)c1=O. The van der Waals surface area contributed by atoms with Crippen LogP contribution in [-0.4, -0.2) is 30.7 Å². The summed E-state index contributed by atoms with van der Waals surface area (Å²) in [6.07, 6.45) is 0.717. The number of nitriles is 1. The van der Waals surface area contributed by atoms with Crippen LogP contribution < -0.4 is 10.9 Å². The van der Waals surface area contributed by atoms with Gasteiger partial charge in [-0.1, -0.05) is 0 Å². The molecule has 6 heteroatoms. The van der Waals surface area contributed by atoms with Gasteiger partial charge in [0.15, 0.2) is 0 Å². The van der Waals surface area contributed by atoms with Crippen LogP contribution in [-0.2, 0) is 16.1 Å². The van der Waals surface area contributed by atoms with Crippen molar-refractivity contribution in [3.8, 4) is 6.07 Å². The summed E-state index contributed by atoms with van der Waals surface area (Å²) in [4.78, 5) is 23.6. The van der Waals surface area contributed by atoms with E-state index < -0.39 is 5.56 Å². The summed E-state index contributed by atoms with van der Waals surface area (Å²) in [6, 6.07) is 4.93. The monoisotopic (exact) mass is 263 g/mol. The highest BCUT2D eigenvalue weighted by atomic mass is 16.5. The number of pyridine rings is 1. The maximum Gasteiger partial charge on any atom is 0.269 e. The molecule has 0 bridgehead atoms. The second kappa shape index (κ2) is 7.34. The number of nitrogens with one attached hydrogen (secondary N) is 1. The number of amides is 1. The Labute approximate surface area is 111 Å². The molecule has 0 aliphatic carbocycles. The van der Waals surface area contributed by atoms with Gasteiger partial charge in [0.05, 0.1) is 0 Å². The number of aryl methyl sites for hydroxylation is 1. The van der Waals surface area contributed by atoms with E-state index in [1.807, 2.05) is 6.07 Å². The van der Waals surface area contributed by atoms with Crippen molar-refractivity contribution in [2.45, 2.75) is 19.9 Å². The molecule has 0 saturated carbocycles.